The van der Waals surface area contributed by atoms with Crippen molar-refractivity contribution in [2.75, 3.05) is 12.8 Å². The fraction of sp³-hybridized carbons (Fsp3) is 0.200. The smallest absolute Gasteiger partial charge is 0.158 e. The van der Waals surface area contributed by atoms with Gasteiger partial charge >= 0.3 is 0 Å². The van der Waals surface area contributed by atoms with E-state index >= 15 is 0 Å². The maximum Gasteiger partial charge on any atom is 0.158 e. The predicted octanol–water partition coefficient (Wildman–Crippen LogP) is 2.39. The van der Waals surface area contributed by atoms with Crippen molar-refractivity contribution < 1.29 is 13.2 Å². The van der Waals surface area contributed by atoms with Gasteiger partial charge in [0.2, 0.25) is 0 Å². The molecule has 0 amide bonds. The van der Waals surface area contributed by atoms with Gasteiger partial charge < -0.3 is 10.5 Å². The first-order valence-corrected chi connectivity index (χ1v) is 7.99. The summed E-state index contributed by atoms with van der Waals surface area (Å²) in [7, 11) is -1.76. The summed E-state index contributed by atoms with van der Waals surface area (Å²) < 4.78 is 29.7. The third kappa shape index (κ3) is 3.74. The van der Waals surface area contributed by atoms with Gasteiger partial charge in [-0.1, -0.05) is 30.3 Å². The Labute approximate surface area is 119 Å². The molecule has 0 heterocycles. The number of rotatable bonds is 5. The molecule has 0 aliphatic rings. The average Bonchev–Trinajstić information content (AvgIpc) is 2.39. The van der Waals surface area contributed by atoms with Gasteiger partial charge in [0.05, 0.1) is 18.6 Å². The lowest BCUT2D eigenvalue weighted by Crippen LogP contribution is -2.09. The van der Waals surface area contributed by atoms with E-state index in [1.54, 1.807) is 30.3 Å². The van der Waals surface area contributed by atoms with E-state index in [1.807, 2.05) is 18.2 Å². The summed E-state index contributed by atoms with van der Waals surface area (Å²) in [4.78, 5) is 0. The van der Waals surface area contributed by atoms with Gasteiger partial charge in [0, 0.05) is 11.3 Å². The van der Waals surface area contributed by atoms with Crippen LogP contribution in [-0.2, 0) is 21.3 Å². The minimum Gasteiger partial charge on any atom is -0.496 e. The van der Waals surface area contributed by atoms with Crippen molar-refractivity contribution in [3.8, 4) is 5.75 Å². The summed E-state index contributed by atoms with van der Waals surface area (Å²) in [6, 6.07) is 14.1. The van der Waals surface area contributed by atoms with Gasteiger partial charge in [-0.25, -0.2) is 8.42 Å². The highest BCUT2D eigenvalue weighted by Crippen LogP contribution is 2.24. The molecule has 5 heteroatoms. The van der Waals surface area contributed by atoms with Gasteiger partial charge in [0.15, 0.2) is 9.84 Å². The quantitative estimate of drug-likeness (QED) is 0.859. The zero-order chi connectivity index (χ0) is 14.6. The molecular weight excluding hydrogens is 274 g/mol. The first-order chi connectivity index (χ1) is 9.50. The molecule has 0 aliphatic heterocycles. The molecule has 0 unspecified atom stereocenters. The number of ether oxygens (including phenoxy) is 1. The Kier molecular flexibility index (Phi) is 4.29. The summed E-state index contributed by atoms with van der Waals surface area (Å²) in [6.07, 6.45) is 0. The number of sulfone groups is 1. The van der Waals surface area contributed by atoms with Crippen LogP contribution >= 0.6 is 0 Å². The van der Waals surface area contributed by atoms with Gasteiger partial charge in [0.1, 0.15) is 5.75 Å². The normalized spacial score (nSPS) is 11.2. The molecular formula is C15H17NO3S. The van der Waals surface area contributed by atoms with Gasteiger partial charge in [-0.3, -0.25) is 0 Å². The number of methoxy groups -OCH3 is 1. The van der Waals surface area contributed by atoms with Crippen LogP contribution < -0.4 is 10.5 Å². The molecule has 0 atom stereocenters. The van der Waals surface area contributed by atoms with E-state index in [9.17, 15) is 8.42 Å². The molecule has 0 aliphatic carbocycles. The zero-order valence-corrected chi connectivity index (χ0v) is 12.1. The summed E-state index contributed by atoms with van der Waals surface area (Å²) in [6.45, 7) is 0. The molecule has 0 saturated carbocycles. The lowest BCUT2D eigenvalue weighted by atomic mass is 10.2. The zero-order valence-electron chi connectivity index (χ0n) is 11.2. The monoisotopic (exact) mass is 291 g/mol. The van der Waals surface area contributed by atoms with Gasteiger partial charge in [0.25, 0.3) is 0 Å². The Morgan fingerprint density at radius 3 is 2.40 bits per heavy atom. The van der Waals surface area contributed by atoms with Crippen LogP contribution in [0.1, 0.15) is 11.1 Å². The van der Waals surface area contributed by atoms with Crippen LogP contribution in [0.3, 0.4) is 0 Å². The van der Waals surface area contributed by atoms with Gasteiger partial charge in [-0.05, 0) is 23.8 Å². The number of benzene rings is 2. The summed E-state index contributed by atoms with van der Waals surface area (Å²) in [5.74, 6) is 0.456. The van der Waals surface area contributed by atoms with Crippen LogP contribution in [0.5, 0.6) is 5.75 Å². The minimum absolute atomic E-state index is 0.00575. The number of nitrogens with two attached hydrogens (primary N) is 1. The molecule has 2 N–H and O–H groups in total. The molecule has 0 radical (unpaired) electrons. The molecule has 20 heavy (non-hydrogen) atoms. The molecule has 2 aromatic rings. The molecule has 0 bridgehead atoms. The SMILES string of the molecule is COc1ccc(N)cc1CS(=O)(=O)Cc1ccccc1. The lowest BCUT2D eigenvalue weighted by molar-refractivity contribution is 0.411. The maximum atomic E-state index is 12.3. The second kappa shape index (κ2) is 5.96. The number of anilines is 1. The third-order valence-electron chi connectivity index (χ3n) is 2.91. The van der Waals surface area contributed by atoms with Crippen molar-refractivity contribution in [2.24, 2.45) is 0 Å². The first kappa shape index (κ1) is 14.4. The Hall–Kier alpha value is -2.01. The summed E-state index contributed by atoms with van der Waals surface area (Å²) in [5, 5.41) is 0. The van der Waals surface area contributed by atoms with Crippen molar-refractivity contribution in [1.29, 1.82) is 0 Å². The summed E-state index contributed by atoms with van der Waals surface area (Å²) in [5.41, 5.74) is 7.59. The molecule has 0 aromatic heterocycles. The highest BCUT2D eigenvalue weighted by molar-refractivity contribution is 7.89. The second-order valence-corrected chi connectivity index (χ2v) is 6.65. The van der Waals surface area contributed by atoms with E-state index in [2.05, 4.69) is 0 Å². The van der Waals surface area contributed by atoms with Crippen LogP contribution in [0.25, 0.3) is 0 Å². The molecule has 106 valence electrons. The Bertz CT molecular complexity index is 682. The first-order valence-electron chi connectivity index (χ1n) is 6.17. The topological polar surface area (TPSA) is 69.4 Å². The highest BCUT2D eigenvalue weighted by Gasteiger charge is 2.16. The van der Waals surface area contributed by atoms with Crippen molar-refractivity contribution >= 4 is 15.5 Å². The number of hydrogen-bond acceptors (Lipinski definition) is 4. The lowest BCUT2D eigenvalue weighted by Gasteiger charge is -2.10. The van der Waals surface area contributed by atoms with E-state index in [0.29, 0.717) is 17.0 Å². The van der Waals surface area contributed by atoms with Crippen molar-refractivity contribution in [2.45, 2.75) is 11.5 Å². The van der Waals surface area contributed by atoms with Crippen molar-refractivity contribution in [3.63, 3.8) is 0 Å². The molecule has 2 rings (SSSR count). The Morgan fingerprint density at radius 2 is 1.75 bits per heavy atom. The molecule has 0 spiro atoms. The highest BCUT2D eigenvalue weighted by atomic mass is 32.2. The molecule has 4 nitrogen and oxygen atoms in total. The third-order valence-corrected chi connectivity index (χ3v) is 4.43. The van der Waals surface area contributed by atoms with Crippen LogP contribution in [0.15, 0.2) is 48.5 Å². The van der Waals surface area contributed by atoms with Crippen LogP contribution in [0, 0.1) is 0 Å². The van der Waals surface area contributed by atoms with Gasteiger partial charge in [-0.2, -0.15) is 0 Å². The van der Waals surface area contributed by atoms with E-state index < -0.39 is 9.84 Å². The molecule has 0 fully saturated rings. The average molecular weight is 291 g/mol. The fourth-order valence-electron chi connectivity index (χ4n) is 2.03. The second-order valence-electron chi connectivity index (χ2n) is 4.59. The largest absolute Gasteiger partial charge is 0.496 e. The predicted molar refractivity (Wildman–Crippen MR) is 80.2 cm³/mol. The van der Waals surface area contributed by atoms with Crippen molar-refractivity contribution in [3.05, 3.63) is 59.7 Å². The Balaban J connectivity index is 2.22. The number of hydrogen-bond donors (Lipinski definition) is 1. The fourth-order valence-corrected chi connectivity index (χ4v) is 3.53. The Morgan fingerprint density at radius 1 is 1.05 bits per heavy atom. The molecule has 2 aromatic carbocycles. The summed E-state index contributed by atoms with van der Waals surface area (Å²) >= 11 is 0. The minimum atomic E-state index is -3.27. The van der Waals surface area contributed by atoms with E-state index in [1.165, 1.54) is 7.11 Å². The number of nitrogen functional groups attached to an aromatic ring is 1. The van der Waals surface area contributed by atoms with Crippen molar-refractivity contribution in [1.82, 2.24) is 0 Å². The van der Waals surface area contributed by atoms with E-state index in [0.717, 1.165) is 5.56 Å². The molecule has 0 saturated heterocycles. The van der Waals surface area contributed by atoms with E-state index in [4.69, 9.17) is 10.5 Å². The van der Waals surface area contributed by atoms with Crippen LogP contribution in [-0.4, -0.2) is 15.5 Å². The van der Waals surface area contributed by atoms with E-state index in [-0.39, 0.29) is 11.5 Å². The maximum absolute atomic E-state index is 12.3. The van der Waals surface area contributed by atoms with Crippen LogP contribution in [0.2, 0.25) is 0 Å². The van der Waals surface area contributed by atoms with Gasteiger partial charge in [-0.15, -0.1) is 0 Å². The standard InChI is InChI=1S/C15H17NO3S/c1-19-15-8-7-14(16)9-13(15)11-20(17,18)10-12-5-3-2-4-6-12/h2-9H,10-11,16H2,1H3. The van der Waals surface area contributed by atoms with Crippen LogP contribution in [0.4, 0.5) is 5.69 Å².